The van der Waals surface area contributed by atoms with Crippen LogP contribution in [0.5, 0.6) is 5.75 Å². The standard InChI is InChI=1S/C19H18F3N3O2/c1-12(17(26)23-11-13-7-9-14(27-2)10-8-13)25-16-6-4-3-5-15(16)24-18(25)19(20,21)22/h3-10,12H,11H2,1-2H3,(H,23,26). The number of fused-ring (bicyclic) bond motifs is 1. The second kappa shape index (κ2) is 7.30. The molecule has 0 spiro atoms. The first kappa shape index (κ1) is 18.8. The molecule has 0 aliphatic rings. The summed E-state index contributed by atoms with van der Waals surface area (Å²) in [7, 11) is 1.55. The van der Waals surface area contributed by atoms with Crippen molar-refractivity contribution in [1.29, 1.82) is 0 Å². The number of carbonyl (C=O) groups is 1. The fourth-order valence-electron chi connectivity index (χ4n) is 2.83. The van der Waals surface area contributed by atoms with E-state index in [2.05, 4.69) is 10.3 Å². The van der Waals surface area contributed by atoms with Gasteiger partial charge in [0, 0.05) is 6.54 Å². The lowest BCUT2D eigenvalue weighted by molar-refractivity contribution is -0.148. The predicted octanol–water partition coefficient (Wildman–Crippen LogP) is 3.94. The number of nitrogens with zero attached hydrogens (tertiary/aromatic N) is 2. The maximum absolute atomic E-state index is 13.4. The van der Waals surface area contributed by atoms with Crippen molar-refractivity contribution in [2.75, 3.05) is 7.11 Å². The van der Waals surface area contributed by atoms with Crippen LogP contribution in [-0.2, 0) is 17.5 Å². The number of para-hydroxylation sites is 2. The number of hydrogen-bond donors (Lipinski definition) is 1. The monoisotopic (exact) mass is 377 g/mol. The number of nitrogens with one attached hydrogen (secondary N) is 1. The van der Waals surface area contributed by atoms with E-state index >= 15 is 0 Å². The molecule has 1 atom stereocenters. The number of methoxy groups -OCH3 is 1. The number of rotatable bonds is 5. The molecule has 27 heavy (non-hydrogen) atoms. The zero-order chi connectivity index (χ0) is 19.6. The number of hydrogen-bond acceptors (Lipinski definition) is 3. The van der Waals surface area contributed by atoms with E-state index in [4.69, 9.17) is 4.74 Å². The molecule has 1 heterocycles. The summed E-state index contributed by atoms with van der Waals surface area (Å²) < 4.78 is 46.2. The Morgan fingerprint density at radius 3 is 2.48 bits per heavy atom. The van der Waals surface area contributed by atoms with Crippen molar-refractivity contribution in [2.24, 2.45) is 0 Å². The first-order valence-electron chi connectivity index (χ1n) is 8.26. The molecule has 3 aromatic rings. The third-order valence-electron chi connectivity index (χ3n) is 4.24. The van der Waals surface area contributed by atoms with Crippen molar-refractivity contribution in [3.05, 3.63) is 59.9 Å². The van der Waals surface area contributed by atoms with Gasteiger partial charge in [0.1, 0.15) is 11.8 Å². The molecule has 1 unspecified atom stereocenters. The van der Waals surface area contributed by atoms with E-state index in [0.717, 1.165) is 10.1 Å². The fourth-order valence-corrected chi connectivity index (χ4v) is 2.83. The summed E-state index contributed by atoms with van der Waals surface area (Å²) >= 11 is 0. The Morgan fingerprint density at radius 2 is 1.85 bits per heavy atom. The van der Waals surface area contributed by atoms with Gasteiger partial charge in [0.25, 0.3) is 0 Å². The minimum absolute atomic E-state index is 0.194. The first-order chi connectivity index (χ1) is 12.8. The molecule has 0 saturated heterocycles. The Hall–Kier alpha value is -3.03. The smallest absolute Gasteiger partial charge is 0.449 e. The molecule has 0 bridgehead atoms. The highest BCUT2D eigenvalue weighted by Gasteiger charge is 2.39. The Kier molecular flexibility index (Phi) is 5.07. The summed E-state index contributed by atoms with van der Waals surface area (Å²) in [5.41, 5.74) is 1.26. The summed E-state index contributed by atoms with van der Waals surface area (Å²) in [5.74, 6) is -0.937. The lowest BCUT2D eigenvalue weighted by atomic mass is 10.2. The number of amides is 1. The van der Waals surface area contributed by atoms with Crippen LogP contribution in [0.4, 0.5) is 13.2 Å². The van der Waals surface area contributed by atoms with Gasteiger partial charge in [-0.3, -0.25) is 4.79 Å². The molecule has 3 rings (SSSR count). The summed E-state index contributed by atoms with van der Waals surface area (Å²) in [6, 6.07) is 12.2. The minimum Gasteiger partial charge on any atom is -0.497 e. The van der Waals surface area contributed by atoms with Crippen molar-refractivity contribution in [3.63, 3.8) is 0 Å². The molecule has 1 amide bonds. The van der Waals surface area contributed by atoms with Gasteiger partial charge in [0.15, 0.2) is 0 Å². The van der Waals surface area contributed by atoms with E-state index in [1.54, 1.807) is 43.5 Å². The molecule has 0 saturated carbocycles. The minimum atomic E-state index is -4.66. The molecular formula is C19H18F3N3O2. The highest BCUT2D eigenvalue weighted by atomic mass is 19.4. The van der Waals surface area contributed by atoms with Gasteiger partial charge in [-0.25, -0.2) is 4.98 Å². The lowest BCUT2D eigenvalue weighted by Crippen LogP contribution is -2.32. The summed E-state index contributed by atoms with van der Waals surface area (Å²) in [4.78, 5) is 16.2. The number of benzene rings is 2. The van der Waals surface area contributed by atoms with Gasteiger partial charge in [0.2, 0.25) is 11.7 Å². The Morgan fingerprint density at radius 1 is 1.19 bits per heavy atom. The number of alkyl halides is 3. The molecule has 0 aliphatic carbocycles. The Bertz CT molecular complexity index is 949. The van der Waals surface area contributed by atoms with Crippen molar-refractivity contribution >= 4 is 16.9 Å². The molecule has 8 heteroatoms. The fraction of sp³-hybridized carbons (Fsp3) is 0.263. The number of carbonyl (C=O) groups excluding carboxylic acids is 1. The van der Waals surface area contributed by atoms with E-state index in [-0.39, 0.29) is 17.6 Å². The van der Waals surface area contributed by atoms with Crippen LogP contribution in [0.15, 0.2) is 48.5 Å². The van der Waals surface area contributed by atoms with Gasteiger partial charge in [-0.15, -0.1) is 0 Å². The van der Waals surface area contributed by atoms with E-state index in [1.807, 2.05) is 0 Å². The third kappa shape index (κ3) is 3.89. The SMILES string of the molecule is COc1ccc(CNC(=O)C(C)n2c(C(F)(F)F)nc3ccccc32)cc1. The largest absolute Gasteiger partial charge is 0.497 e. The molecule has 5 nitrogen and oxygen atoms in total. The molecule has 0 radical (unpaired) electrons. The molecule has 0 fully saturated rings. The molecule has 1 N–H and O–H groups in total. The zero-order valence-electron chi connectivity index (χ0n) is 14.7. The quantitative estimate of drug-likeness (QED) is 0.733. The average molecular weight is 377 g/mol. The van der Waals surface area contributed by atoms with Crippen LogP contribution >= 0.6 is 0 Å². The number of ether oxygens (including phenoxy) is 1. The molecule has 2 aromatic carbocycles. The molecule has 142 valence electrons. The van der Waals surface area contributed by atoms with Crippen molar-refractivity contribution < 1.29 is 22.7 Å². The number of aromatic nitrogens is 2. The van der Waals surface area contributed by atoms with Gasteiger partial charge in [-0.2, -0.15) is 13.2 Å². The van der Waals surface area contributed by atoms with Crippen LogP contribution in [0, 0.1) is 0 Å². The van der Waals surface area contributed by atoms with Crippen LogP contribution in [0.25, 0.3) is 11.0 Å². The van der Waals surface area contributed by atoms with Crippen LogP contribution in [-0.4, -0.2) is 22.6 Å². The predicted molar refractivity (Wildman–Crippen MR) is 94.3 cm³/mol. The van der Waals surface area contributed by atoms with Gasteiger partial charge < -0.3 is 14.6 Å². The van der Waals surface area contributed by atoms with Crippen LogP contribution in [0.1, 0.15) is 24.4 Å². The van der Waals surface area contributed by atoms with Crippen molar-refractivity contribution in [1.82, 2.24) is 14.9 Å². The van der Waals surface area contributed by atoms with Gasteiger partial charge >= 0.3 is 6.18 Å². The van der Waals surface area contributed by atoms with Gasteiger partial charge in [0.05, 0.1) is 18.1 Å². The van der Waals surface area contributed by atoms with E-state index in [1.165, 1.54) is 19.1 Å². The van der Waals surface area contributed by atoms with Crippen LogP contribution < -0.4 is 10.1 Å². The Labute approximate surface area is 153 Å². The van der Waals surface area contributed by atoms with E-state index < -0.39 is 23.9 Å². The topological polar surface area (TPSA) is 56.1 Å². The molecule has 1 aromatic heterocycles. The van der Waals surface area contributed by atoms with Crippen LogP contribution in [0.2, 0.25) is 0 Å². The number of imidazole rings is 1. The highest BCUT2D eigenvalue weighted by molar-refractivity contribution is 5.84. The average Bonchev–Trinajstić information content (AvgIpc) is 3.06. The van der Waals surface area contributed by atoms with Crippen LogP contribution in [0.3, 0.4) is 0 Å². The first-order valence-corrected chi connectivity index (χ1v) is 8.26. The zero-order valence-corrected chi connectivity index (χ0v) is 14.7. The van der Waals surface area contributed by atoms with Gasteiger partial charge in [-0.1, -0.05) is 24.3 Å². The van der Waals surface area contributed by atoms with Gasteiger partial charge in [-0.05, 0) is 36.8 Å². The number of halogens is 3. The second-order valence-electron chi connectivity index (χ2n) is 6.03. The maximum Gasteiger partial charge on any atom is 0.449 e. The summed E-state index contributed by atoms with van der Waals surface area (Å²) in [5, 5.41) is 2.67. The normalized spacial score (nSPS) is 12.8. The third-order valence-corrected chi connectivity index (χ3v) is 4.24. The van der Waals surface area contributed by atoms with Crippen molar-refractivity contribution in [2.45, 2.75) is 25.7 Å². The maximum atomic E-state index is 13.4. The van der Waals surface area contributed by atoms with E-state index in [9.17, 15) is 18.0 Å². The second-order valence-corrected chi connectivity index (χ2v) is 6.03. The summed E-state index contributed by atoms with van der Waals surface area (Å²) in [6.45, 7) is 1.62. The van der Waals surface area contributed by atoms with Crippen molar-refractivity contribution in [3.8, 4) is 5.75 Å². The molecular weight excluding hydrogens is 359 g/mol. The highest BCUT2D eigenvalue weighted by Crippen LogP contribution is 2.33. The Balaban J connectivity index is 1.83. The van der Waals surface area contributed by atoms with E-state index in [0.29, 0.717) is 5.75 Å². The summed E-state index contributed by atoms with van der Waals surface area (Å²) in [6.07, 6.45) is -4.66. The lowest BCUT2D eigenvalue weighted by Gasteiger charge is -2.18. The molecule has 0 aliphatic heterocycles.